The van der Waals surface area contributed by atoms with Crippen LogP contribution in [0.1, 0.15) is 41.5 Å². The van der Waals surface area contributed by atoms with Gasteiger partial charge in [-0.15, -0.1) is 0 Å². The SMILES string of the molecule is CCn1nc(C)c(C(=O)N2C[C@H]3CC[C@@H](C2)N(CC(=O)N(C)C)C3=O)c1C. The predicted octanol–water partition coefficient (Wildman–Crippen LogP) is 0.671. The van der Waals surface area contributed by atoms with Crippen LogP contribution >= 0.6 is 0 Å². The van der Waals surface area contributed by atoms with Gasteiger partial charge < -0.3 is 14.7 Å². The van der Waals surface area contributed by atoms with Crippen molar-refractivity contribution in [2.45, 2.75) is 46.2 Å². The van der Waals surface area contributed by atoms with Gasteiger partial charge in [-0.25, -0.2) is 0 Å². The van der Waals surface area contributed by atoms with Gasteiger partial charge in [-0.05, 0) is 33.6 Å². The van der Waals surface area contributed by atoms with E-state index >= 15 is 0 Å². The molecule has 0 unspecified atom stereocenters. The quantitative estimate of drug-likeness (QED) is 0.775. The van der Waals surface area contributed by atoms with E-state index in [1.54, 1.807) is 23.9 Å². The number of fused-ring (bicyclic) bond motifs is 4. The third kappa shape index (κ3) is 3.44. The van der Waals surface area contributed by atoms with Gasteiger partial charge in [0.25, 0.3) is 5.91 Å². The second kappa shape index (κ2) is 7.32. The average molecular weight is 375 g/mol. The molecular formula is C19H29N5O3. The average Bonchev–Trinajstić information content (AvgIpc) is 2.78. The molecule has 0 aromatic carbocycles. The van der Waals surface area contributed by atoms with Crippen LogP contribution in [0.15, 0.2) is 0 Å². The van der Waals surface area contributed by atoms with Crippen molar-refractivity contribution in [2.24, 2.45) is 5.92 Å². The molecule has 3 fully saturated rings. The van der Waals surface area contributed by atoms with Crippen LogP contribution in [0.5, 0.6) is 0 Å². The molecule has 2 bridgehead atoms. The zero-order valence-electron chi connectivity index (χ0n) is 16.9. The highest BCUT2D eigenvalue weighted by molar-refractivity contribution is 5.97. The third-order valence-electron chi connectivity index (χ3n) is 5.78. The van der Waals surface area contributed by atoms with Gasteiger partial charge in [0.1, 0.15) is 6.54 Å². The first-order valence-electron chi connectivity index (χ1n) is 9.58. The molecule has 0 aliphatic carbocycles. The van der Waals surface area contributed by atoms with Crippen LogP contribution in [0, 0.1) is 19.8 Å². The second-order valence-corrected chi connectivity index (χ2v) is 7.75. The van der Waals surface area contributed by atoms with E-state index in [0.717, 1.165) is 24.2 Å². The zero-order valence-corrected chi connectivity index (χ0v) is 16.9. The molecule has 27 heavy (non-hydrogen) atoms. The Bertz CT molecular complexity index is 770. The molecule has 4 rings (SSSR count). The van der Waals surface area contributed by atoms with Crippen molar-refractivity contribution in [1.29, 1.82) is 0 Å². The molecule has 8 heteroatoms. The van der Waals surface area contributed by atoms with Crippen molar-refractivity contribution in [1.82, 2.24) is 24.5 Å². The number of aryl methyl sites for hydroxylation is 2. The zero-order chi connectivity index (χ0) is 19.9. The number of carbonyl (C=O) groups excluding carboxylic acids is 3. The van der Waals surface area contributed by atoms with Crippen LogP contribution in [0.3, 0.4) is 0 Å². The number of hydrogen-bond donors (Lipinski definition) is 0. The van der Waals surface area contributed by atoms with E-state index < -0.39 is 0 Å². The summed E-state index contributed by atoms with van der Waals surface area (Å²) in [5.74, 6) is -0.390. The van der Waals surface area contributed by atoms with Gasteiger partial charge in [0.2, 0.25) is 11.8 Å². The summed E-state index contributed by atoms with van der Waals surface area (Å²) in [7, 11) is 3.38. The Balaban J connectivity index is 1.84. The number of piperidine rings is 1. The molecule has 4 heterocycles. The van der Waals surface area contributed by atoms with Crippen LogP contribution in [0.4, 0.5) is 0 Å². The maximum Gasteiger partial charge on any atom is 0.257 e. The van der Waals surface area contributed by atoms with Crippen molar-refractivity contribution < 1.29 is 14.4 Å². The van der Waals surface area contributed by atoms with E-state index in [9.17, 15) is 14.4 Å². The second-order valence-electron chi connectivity index (χ2n) is 7.75. The number of nitrogens with zero attached hydrogens (tertiary/aromatic N) is 5. The van der Waals surface area contributed by atoms with Gasteiger partial charge in [-0.2, -0.15) is 5.10 Å². The van der Waals surface area contributed by atoms with E-state index in [-0.39, 0.29) is 36.2 Å². The van der Waals surface area contributed by atoms with Gasteiger partial charge in [-0.1, -0.05) is 0 Å². The maximum atomic E-state index is 13.3. The number of hydrogen-bond acceptors (Lipinski definition) is 4. The maximum absolute atomic E-state index is 13.3. The number of aromatic nitrogens is 2. The molecule has 0 radical (unpaired) electrons. The molecule has 0 N–H and O–H groups in total. The predicted molar refractivity (Wildman–Crippen MR) is 100 cm³/mol. The summed E-state index contributed by atoms with van der Waals surface area (Å²) in [5, 5.41) is 4.45. The van der Waals surface area contributed by atoms with Crippen LogP contribution in [-0.4, -0.2) is 82.0 Å². The number of likely N-dealkylation sites (N-methyl/N-ethyl adjacent to an activating group) is 1. The van der Waals surface area contributed by atoms with E-state index in [2.05, 4.69) is 5.10 Å². The summed E-state index contributed by atoms with van der Waals surface area (Å²) in [6.07, 6.45) is 1.60. The highest BCUT2D eigenvalue weighted by Gasteiger charge is 2.43. The highest BCUT2D eigenvalue weighted by Crippen LogP contribution is 2.30. The normalized spacial score (nSPS) is 22.2. The summed E-state index contributed by atoms with van der Waals surface area (Å²) in [6.45, 7) is 7.44. The Morgan fingerprint density at radius 1 is 1.19 bits per heavy atom. The van der Waals surface area contributed by atoms with Gasteiger partial charge in [-0.3, -0.25) is 19.1 Å². The minimum absolute atomic E-state index is 0.00514. The Hall–Kier alpha value is -2.38. The highest BCUT2D eigenvalue weighted by atomic mass is 16.2. The topological polar surface area (TPSA) is 78.8 Å². The van der Waals surface area contributed by atoms with E-state index in [1.807, 2.05) is 25.5 Å². The van der Waals surface area contributed by atoms with E-state index in [1.165, 1.54) is 4.90 Å². The summed E-state index contributed by atoms with van der Waals surface area (Å²) < 4.78 is 1.84. The van der Waals surface area contributed by atoms with Crippen molar-refractivity contribution in [3.63, 3.8) is 0 Å². The van der Waals surface area contributed by atoms with E-state index in [4.69, 9.17) is 0 Å². The lowest BCUT2D eigenvalue weighted by Gasteiger charge is -2.35. The van der Waals surface area contributed by atoms with Crippen LogP contribution < -0.4 is 0 Å². The number of amides is 3. The van der Waals surface area contributed by atoms with Crippen molar-refractivity contribution in [3.05, 3.63) is 17.0 Å². The Labute approximate surface area is 160 Å². The first-order valence-corrected chi connectivity index (χ1v) is 9.58. The summed E-state index contributed by atoms with van der Waals surface area (Å²) in [5.41, 5.74) is 2.23. The first-order chi connectivity index (χ1) is 12.7. The molecule has 0 spiro atoms. The lowest BCUT2D eigenvalue weighted by Crippen LogP contribution is -2.51. The van der Waals surface area contributed by atoms with Gasteiger partial charge in [0.15, 0.2) is 0 Å². The van der Waals surface area contributed by atoms with Gasteiger partial charge in [0, 0.05) is 45.5 Å². The fourth-order valence-corrected chi connectivity index (χ4v) is 4.17. The Kier molecular flexibility index (Phi) is 5.26. The first kappa shape index (κ1) is 19.4. The molecule has 148 valence electrons. The van der Waals surface area contributed by atoms with Crippen molar-refractivity contribution in [2.75, 3.05) is 33.7 Å². The molecule has 3 saturated heterocycles. The minimum Gasteiger partial charge on any atom is -0.347 e. The standard InChI is InChI=1S/C19H29N5O3/c1-6-24-13(3)17(12(2)20-24)19(27)22-9-14-7-8-15(10-22)23(18(14)26)11-16(25)21(4)5/h14-15H,6-11H2,1-5H3/t14-,15+/m1/s1. The fraction of sp³-hybridized carbons (Fsp3) is 0.684. The molecule has 2 atom stereocenters. The lowest BCUT2D eigenvalue weighted by atomic mass is 9.94. The largest absolute Gasteiger partial charge is 0.347 e. The Morgan fingerprint density at radius 2 is 1.89 bits per heavy atom. The number of carbonyl (C=O) groups is 3. The third-order valence-corrected chi connectivity index (χ3v) is 5.78. The monoisotopic (exact) mass is 375 g/mol. The lowest BCUT2D eigenvalue weighted by molar-refractivity contribution is -0.145. The van der Waals surface area contributed by atoms with Crippen LogP contribution in [0.2, 0.25) is 0 Å². The summed E-state index contributed by atoms with van der Waals surface area (Å²) >= 11 is 0. The molecule has 8 nitrogen and oxygen atoms in total. The smallest absolute Gasteiger partial charge is 0.257 e. The summed E-state index contributed by atoms with van der Waals surface area (Å²) in [4.78, 5) is 43.2. The molecule has 1 aromatic heterocycles. The molecular weight excluding hydrogens is 346 g/mol. The summed E-state index contributed by atoms with van der Waals surface area (Å²) in [6, 6.07) is -0.106. The van der Waals surface area contributed by atoms with Gasteiger partial charge in [0.05, 0.1) is 17.2 Å². The molecule has 1 aromatic rings. The molecule has 0 saturated carbocycles. The fourth-order valence-electron chi connectivity index (χ4n) is 4.17. The molecule has 3 aliphatic rings. The van der Waals surface area contributed by atoms with Gasteiger partial charge >= 0.3 is 0 Å². The van der Waals surface area contributed by atoms with Crippen molar-refractivity contribution in [3.8, 4) is 0 Å². The minimum atomic E-state index is -0.232. The molecule has 3 amide bonds. The Morgan fingerprint density at radius 3 is 2.48 bits per heavy atom. The van der Waals surface area contributed by atoms with Crippen molar-refractivity contribution >= 4 is 17.7 Å². The number of rotatable bonds is 4. The van der Waals surface area contributed by atoms with Crippen LogP contribution in [0.25, 0.3) is 0 Å². The van der Waals surface area contributed by atoms with Crippen LogP contribution in [-0.2, 0) is 16.1 Å². The molecule has 3 aliphatic heterocycles. The van der Waals surface area contributed by atoms with E-state index in [0.29, 0.717) is 25.2 Å².